The first-order chi connectivity index (χ1) is 10.4. The number of nitriles is 1. The topological polar surface area (TPSA) is 52.8 Å². The van der Waals surface area contributed by atoms with Crippen LogP contribution in [0.15, 0.2) is 42.7 Å². The van der Waals surface area contributed by atoms with Crippen molar-refractivity contribution < 1.29 is 0 Å². The van der Waals surface area contributed by atoms with Gasteiger partial charge in [-0.25, -0.2) is 4.98 Å². The van der Waals surface area contributed by atoms with Gasteiger partial charge in [-0.1, -0.05) is 6.07 Å². The van der Waals surface area contributed by atoms with E-state index in [9.17, 15) is 0 Å². The molecule has 0 unspecified atom stereocenters. The number of pyridine rings is 2. The molecule has 0 amide bonds. The first-order valence-corrected chi connectivity index (χ1v) is 7.39. The van der Waals surface area contributed by atoms with Crippen LogP contribution in [0.4, 0.5) is 5.82 Å². The van der Waals surface area contributed by atoms with Crippen LogP contribution >= 0.6 is 0 Å². The minimum Gasteiger partial charge on any atom is -0.354 e. The maximum atomic E-state index is 8.85. The number of hydrogen-bond donors (Lipinski definition) is 0. The summed E-state index contributed by atoms with van der Waals surface area (Å²) in [6.07, 6.45) is 8.01. The number of aromatic nitrogens is 2. The van der Waals surface area contributed by atoms with E-state index in [1.165, 1.54) is 12.8 Å². The van der Waals surface area contributed by atoms with Gasteiger partial charge in [0.1, 0.15) is 11.9 Å². The molecule has 0 bridgehead atoms. The zero-order valence-electron chi connectivity index (χ0n) is 11.9. The Morgan fingerprint density at radius 1 is 1.24 bits per heavy atom. The molecule has 4 nitrogen and oxygen atoms in total. The lowest BCUT2D eigenvalue weighted by atomic mass is 10.1. The Morgan fingerprint density at radius 3 is 2.90 bits per heavy atom. The quantitative estimate of drug-likeness (QED) is 0.862. The summed E-state index contributed by atoms with van der Waals surface area (Å²) in [5, 5.41) is 8.85. The van der Waals surface area contributed by atoms with Crippen molar-refractivity contribution in [2.75, 3.05) is 11.4 Å². The van der Waals surface area contributed by atoms with Crippen molar-refractivity contribution in [3.63, 3.8) is 0 Å². The second-order valence-corrected chi connectivity index (χ2v) is 5.37. The Bertz CT molecular complexity index is 615. The standard InChI is InChI=1S/C17H18N4/c18-12-14-6-9-17(20-13-14)21-11-3-5-16(21)8-7-15-4-1-2-10-19-15/h1-2,4,6,9-10,13,16H,3,5,7-8,11H2/t16-/m0/s1. The molecule has 2 aromatic heterocycles. The van der Waals surface area contributed by atoms with Crippen LogP contribution in [-0.4, -0.2) is 22.6 Å². The molecular formula is C17H18N4. The molecular weight excluding hydrogens is 260 g/mol. The van der Waals surface area contributed by atoms with E-state index >= 15 is 0 Å². The van der Waals surface area contributed by atoms with Gasteiger partial charge in [-0.3, -0.25) is 4.98 Å². The fraction of sp³-hybridized carbons (Fsp3) is 0.353. The van der Waals surface area contributed by atoms with Gasteiger partial charge in [0.25, 0.3) is 0 Å². The predicted molar refractivity (Wildman–Crippen MR) is 81.9 cm³/mol. The van der Waals surface area contributed by atoms with E-state index in [4.69, 9.17) is 5.26 Å². The van der Waals surface area contributed by atoms with Gasteiger partial charge >= 0.3 is 0 Å². The van der Waals surface area contributed by atoms with Gasteiger partial charge in [-0.2, -0.15) is 5.26 Å². The average Bonchev–Trinajstić information content (AvgIpc) is 3.02. The van der Waals surface area contributed by atoms with Crippen molar-refractivity contribution in [3.05, 3.63) is 54.0 Å². The zero-order chi connectivity index (χ0) is 14.5. The number of rotatable bonds is 4. The van der Waals surface area contributed by atoms with Crippen molar-refractivity contribution >= 4 is 5.82 Å². The van der Waals surface area contributed by atoms with Crippen LogP contribution in [0, 0.1) is 11.3 Å². The van der Waals surface area contributed by atoms with Crippen LogP contribution in [0.3, 0.4) is 0 Å². The molecule has 106 valence electrons. The summed E-state index contributed by atoms with van der Waals surface area (Å²) < 4.78 is 0. The van der Waals surface area contributed by atoms with Crippen LogP contribution in [-0.2, 0) is 6.42 Å². The third-order valence-corrected chi connectivity index (χ3v) is 4.01. The number of anilines is 1. The molecule has 0 N–H and O–H groups in total. The molecule has 1 aliphatic rings. The fourth-order valence-electron chi connectivity index (χ4n) is 2.92. The summed E-state index contributed by atoms with van der Waals surface area (Å²) in [7, 11) is 0. The molecule has 21 heavy (non-hydrogen) atoms. The smallest absolute Gasteiger partial charge is 0.128 e. The Balaban J connectivity index is 1.66. The van der Waals surface area contributed by atoms with Crippen molar-refractivity contribution in [2.45, 2.75) is 31.7 Å². The molecule has 1 fully saturated rings. The molecule has 1 atom stereocenters. The lowest BCUT2D eigenvalue weighted by molar-refractivity contribution is 0.601. The Hall–Kier alpha value is -2.41. The Labute approximate surface area is 125 Å². The Kier molecular flexibility index (Phi) is 4.11. The summed E-state index contributed by atoms with van der Waals surface area (Å²) in [5.74, 6) is 0.984. The summed E-state index contributed by atoms with van der Waals surface area (Å²) >= 11 is 0. The Morgan fingerprint density at radius 2 is 2.19 bits per heavy atom. The molecule has 4 heteroatoms. The average molecular weight is 278 g/mol. The lowest BCUT2D eigenvalue weighted by Gasteiger charge is -2.25. The molecule has 0 spiro atoms. The van der Waals surface area contributed by atoms with Crippen molar-refractivity contribution in [1.82, 2.24) is 9.97 Å². The van der Waals surface area contributed by atoms with Crippen LogP contribution in [0.2, 0.25) is 0 Å². The van der Waals surface area contributed by atoms with Gasteiger partial charge in [-0.15, -0.1) is 0 Å². The summed E-state index contributed by atoms with van der Waals surface area (Å²) in [6.45, 7) is 1.05. The van der Waals surface area contributed by atoms with E-state index < -0.39 is 0 Å². The molecule has 1 aliphatic heterocycles. The van der Waals surface area contributed by atoms with E-state index in [1.807, 2.05) is 30.5 Å². The summed E-state index contributed by atoms with van der Waals surface area (Å²) in [5.41, 5.74) is 1.76. The van der Waals surface area contributed by atoms with E-state index in [0.717, 1.165) is 30.9 Å². The molecule has 3 rings (SSSR count). The highest BCUT2D eigenvalue weighted by Gasteiger charge is 2.25. The van der Waals surface area contributed by atoms with Gasteiger partial charge in [0.05, 0.1) is 5.56 Å². The van der Waals surface area contributed by atoms with Gasteiger partial charge in [0, 0.05) is 30.7 Å². The second-order valence-electron chi connectivity index (χ2n) is 5.37. The molecule has 0 saturated carbocycles. The molecule has 0 radical (unpaired) electrons. The van der Waals surface area contributed by atoms with Crippen LogP contribution in [0.25, 0.3) is 0 Å². The van der Waals surface area contributed by atoms with Gasteiger partial charge < -0.3 is 4.90 Å². The first kappa shape index (κ1) is 13.6. The van der Waals surface area contributed by atoms with Crippen LogP contribution < -0.4 is 4.90 Å². The maximum Gasteiger partial charge on any atom is 0.128 e. The third-order valence-electron chi connectivity index (χ3n) is 4.01. The maximum absolute atomic E-state index is 8.85. The van der Waals surface area contributed by atoms with Crippen LogP contribution in [0.5, 0.6) is 0 Å². The van der Waals surface area contributed by atoms with Crippen molar-refractivity contribution in [3.8, 4) is 6.07 Å². The number of aryl methyl sites for hydroxylation is 1. The van der Waals surface area contributed by atoms with Crippen molar-refractivity contribution in [2.24, 2.45) is 0 Å². The van der Waals surface area contributed by atoms with Crippen LogP contribution in [0.1, 0.15) is 30.5 Å². The summed E-state index contributed by atoms with van der Waals surface area (Å²) in [6, 6.07) is 12.5. The minimum atomic E-state index is 0.521. The monoisotopic (exact) mass is 278 g/mol. The molecule has 0 aromatic carbocycles. The first-order valence-electron chi connectivity index (χ1n) is 7.39. The number of nitrogens with zero attached hydrogens (tertiary/aromatic N) is 4. The van der Waals surface area contributed by atoms with Gasteiger partial charge in [0.2, 0.25) is 0 Å². The predicted octanol–water partition coefficient (Wildman–Crippen LogP) is 2.95. The van der Waals surface area contributed by atoms with Gasteiger partial charge in [0.15, 0.2) is 0 Å². The van der Waals surface area contributed by atoms with E-state index in [1.54, 1.807) is 6.20 Å². The SMILES string of the molecule is N#Cc1ccc(N2CCC[C@H]2CCc2ccccn2)nc1. The highest BCUT2D eigenvalue weighted by atomic mass is 15.2. The van der Waals surface area contributed by atoms with E-state index in [2.05, 4.69) is 27.0 Å². The van der Waals surface area contributed by atoms with E-state index in [-0.39, 0.29) is 0 Å². The third kappa shape index (κ3) is 3.19. The number of hydrogen-bond acceptors (Lipinski definition) is 4. The molecule has 2 aromatic rings. The lowest BCUT2D eigenvalue weighted by Crippen LogP contribution is -2.30. The normalized spacial score (nSPS) is 17.7. The minimum absolute atomic E-state index is 0.521. The highest BCUT2D eigenvalue weighted by molar-refractivity contribution is 5.43. The molecule has 3 heterocycles. The molecule has 1 saturated heterocycles. The highest BCUT2D eigenvalue weighted by Crippen LogP contribution is 2.26. The second kappa shape index (κ2) is 6.36. The fourth-order valence-corrected chi connectivity index (χ4v) is 2.92. The van der Waals surface area contributed by atoms with E-state index in [0.29, 0.717) is 11.6 Å². The van der Waals surface area contributed by atoms with Crippen molar-refractivity contribution in [1.29, 1.82) is 5.26 Å². The largest absolute Gasteiger partial charge is 0.354 e. The molecule has 0 aliphatic carbocycles. The van der Waals surface area contributed by atoms with Gasteiger partial charge in [-0.05, 0) is 49.9 Å². The zero-order valence-corrected chi connectivity index (χ0v) is 11.9. The summed E-state index contributed by atoms with van der Waals surface area (Å²) in [4.78, 5) is 11.2.